The van der Waals surface area contributed by atoms with Gasteiger partial charge in [0.1, 0.15) is 19.3 Å². The fourth-order valence-corrected chi connectivity index (χ4v) is 15.3. The molecule has 0 aromatic rings. The topological polar surface area (TPSA) is 237 Å². The summed E-state index contributed by atoms with van der Waals surface area (Å²) in [6.45, 7) is 12.0. The summed E-state index contributed by atoms with van der Waals surface area (Å²) >= 11 is 0. The second kappa shape index (κ2) is 78.0. The Bertz CT molecular complexity index is 2060. The van der Waals surface area contributed by atoms with E-state index >= 15 is 0 Å². The number of unbranched alkanes of at least 4 members (excludes halogenated alkanes) is 53. The van der Waals surface area contributed by atoms with Gasteiger partial charge in [0.25, 0.3) is 0 Å². The number of phosphoric ester groups is 2. The number of aliphatic hydroxyl groups excluding tert-OH is 1. The van der Waals surface area contributed by atoms with E-state index in [1.54, 1.807) is 0 Å². The van der Waals surface area contributed by atoms with Crippen LogP contribution >= 0.6 is 15.6 Å². The van der Waals surface area contributed by atoms with Gasteiger partial charge in [0.15, 0.2) is 12.2 Å². The van der Waals surface area contributed by atoms with E-state index in [2.05, 4.69) is 48.5 Å². The SMILES string of the molecule is CCCCCCCCCCCCCCCCCCCCCC(=O)OC[C@H](COP(=O)(O)OC[C@@H](O)COP(=O)(O)OC[C@@H](COC(=O)CCCCCCCCCCC(C)C)OC(=O)CCCCCCCCCCCCCCCCC(C)CC)OC(=O)CCCCCCCCCCCCCCCCCCC(C)C. The summed E-state index contributed by atoms with van der Waals surface area (Å²) in [5, 5.41) is 10.7. The van der Waals surface area contributed by atoms with E-state index in [-0.39, 0.29) is 25.7 Å². The minimum Gasteiger partial charge on any atom is -0.462 e. The van der Waals surface area contributed by atoms with Crippen molar-refractivity contribution in [2.24, 2.45) is 17.8 Å². The van der Waals surface area contributed by atoms with E-state index in [9.17, 15) is 43.2 Å². The summed E-state index contributed by atoms with van der Waals surface area (Å²) in [4.78, 5) is 73.3. The van der Waals surface area contributed by atoms with Crippen molar-refractivity contribution in [3.05, 3.63) is 0 Å². The lowest BCUT2D eigenvalue weighted by Gasteiger charge is -2.21. The normalized spacial score (nSPS) is 14.1. The third-order valence-corrected chi connectivity index (χ3v) is 22.9. The van der Waals surface area contributed by atoms with Crippen molar-refractivity contribution >= 4 is 39.5 Å². The molecule has 0 radical (unpaired) electrons. The number of ether oxygens (including phenoxy) is 4. The molecule has 0 amide bonds. The van der Waals surface area contributed by atoms with Gasteiger partial charge in [-0.25, -0.2) is 9.13 Å². The van der Waals surface area contributed by atoms with Gasteiger partial charge in [-0.3, -0.25) is 37.3 Å². The van der Waals surface area contributed by atoms with Crippen molar-refractivity contribution in [3.8, 4) is 0 Å². The van der Waals surface area contributed by atoms with Crippen LogP contribution in [0.4, 0.5) is 0 Å². The predicted octanol–water partition coefficient (Wildman–Crippen LogP) is 26.9. The minimum atomic E-state index is -4.97. The molecule has 19 heteroatoms. The van der Waals surface area contributed by atoms with Crippen molar-refractivity contribution in [2.45, 2.75) is 484 Å². The quantitative estimate of drug-likeness (QED) is 0.0222. The van der Waals surface area contributed by atoms with Gasteiger partial charge < -0.3 is 33.8 Å². The zero-order valence-corrected chi connectivity index (χ0v) is 72.4. The van der Waals surface area contributed by atoms with E-state index in [4.69, 9.17) is 37.0 Å². The van der Waals surface area contributed by atoms with Gasteiger partial charge >= 0.3 is 39.5 Å². The lowest BCUT2D eigenvalue weighted by molar-refractivity contribution is -0.161. The number of rotatable bonds is 86. The summed E-state index contributed by atoms with van der Waals surface area (Å²) in [6.07, 6.45) is 69.4. The largest absolute Gasteiger partial charge is 0.472 e. The van der Waals surface area contributed by atoms with Crippen LogP contribution in [0.25, 0.3) is 0 Å². The Kier molecular flexibility index (Phi) is 76.6. The number of hydrogen-bond acceptors (Lipinski definition) is 15. The Balaban J connectivity index is 5.25. The number of carbonyl (C=O) groups is 4. The van der Waals surface area contributed by atoms with E-state index < -0.39 is 97.5 Å². The molecule has 17 nitrogen and oxygen atoms in total. The number of aliphatic hydroxyl groups is 1. The molecule has 636 valence electrons. The Morgan fingerprint density at radius 1 is 0.271 bits per heavy atom. The molecule has 0 aromatic carbocycles. The second-order valence-corrected chi connectivity index (χ2v) is 35.7. The molecule has 0 aromatic heterocycles. The van der Waals surface area contributed by atoms with Crippen LogP contribution in [0.1, 0.15) is 466 Å². The average molecular weight is 1560 g/mol. The number of phosphoric acid groups is 2. The molecule has 0 aliphatic carbocycles. The second-order valence-electron chi connectivity index (χ2n) is 32.8. The van der Waals surface area contributed by atoms with Crippen molar-refractivity contribution < 1.29 is 80.2 Å². The third kappa shape index (κ3) is 80.5. The molecule has 6 atom stereocenters. The molecule has 0 bridgehead atoms. The van der Waals surface area contributed by atoms with E-state index in [1.807, 2.05) is 0 Å². The summed E-state index contributed by atoms with van der Waals surface area (Å²) in [6, 6.07) is 0. The highest BCUT2D eigenvalue weighted by Gasteiger charge is 2.31. The highest BCUT2D eigenvalue weighted by atomic mass is 31.2. The molecule has 0 saturated heterocycles. The maximum atomic E-state index is 13.2. The maximum absolute atomic E-state index is 13.2. The summed E-state index contributed by atoms with van der Waals surface area (Å²) in [5.41, 5.74) is 0. The number of carbonyl (C=O) groups excluding carboxylic acids is 4. The van der Waals surface area contributed by atoms with Gasteiger partial charge in [0, 0.05) is 25.7 Å². The standard InChI is InChI=1S/C88H172O17P2/c1-8-10-11-12-13-14-15-16-17-18-19-20-24-30-35-40-48-55-62-69-85(90)98-75-83(104-87(92)71-64-57-50-41-36-31-25-22-21-23-28-33-38-45-52-59-66-79(3)4)77-102-106(94,95)100-73-82(89)74-101-107(96,97)103-78-84(76-99-86(91)70-63-56-49-44-43-46-53-60-67-80(5)6)105-88(93)72-65-58-51-42-37-32-27-26-29-34-39-47-54-61-68-81(7)9-2/h79-84,89H,8-78H2,1-7H3,(H,94,95)(H,96,97)/t81?,82-,83-,84-/m1/s1. The molecular formula is C88H172O17P2. The Labute approximate surface area is 658 Å². The molecule has 0 fully saturated rings. The van der Waals surface area contributed by atoms with Gasteiger partial charge in [0.2, 0.25) is 0 Å². The highest BCUT2D eigenvalue weighted by Crippen LogP contribution is 2.45. The molecule has 107 heavy (non-hydrogen) atoms. The first kappa shape index (κ1) is 105. The average Bonchev–Trinajstić information content (AvgIpc) is 0.947. The van der Waals surface area contributed by atoms with Crippen LogP contribution in [-0.2, 0) is 65.4 Å². The number of esters is 4. The fraction of sp³-hybridized carbons (Fsp3) is 0.955. The van der Waals surface area contributed by atoms with Crippen molar-refractivity contribution in [1.82, 2.24) is 0 Å². The van der Waals surface area contributed by atoms with E-state index in [0.29, 0.717) is 25.7 Å². The minimum absolute atomic E-state index is 0.107. The van der Waals surface area contributed by atoms with Gasteiger partial charge in [0.05, 0.1) is 26.4 Å². The van der Waals surface area contributed by atoms with Crippen LogP contribution in [0.2, 0.25) is 0 Å². The van der Waals surface area contributed by atoms with Crippen LogP contribution in [0, 0.1) is 17.8 Å². The van der Waals surface area contributed by atoms with Crippen LogP contribution < -0.4 is 0 Å². The first-order valence-electron chi connectivity index (χ1n) is 45.4. The fourth-order valence-electron chi connectivity index (χ4n) is 13.7. The van der Waals surface area contributed by atoms with E-state index in [1.165, 1.54) is 276 Å². The molecular weight excluding hydrogens is 1390 g/mol. The molecule has 3 unspecified atom stereocenters. The van der Waals surface area contributed by atoms with Crippen LogP contribution in [0.15, 0.2) is 0 Å². The van der Waals surface area contributed by atoms with Crippen LogP contribution in [-0.4, -0.2) is 96.7 Å². The van der Waals surface area contributed by atoms with E-state index in [0.717, 1.165) is 108 Å². The Morgan fingerprint density at radius 3 is 0.710 bits per heavy atom. The van der Waals surface area contributed by atoms with Crippen LogP contribution in [0.5, 0.6) is 0 Å². The molecule has 3 N–H and O–H groups in total. The lowest BCUT2D eigenvalue weighted by atomic mass is 9.99. The zero-order valence-electron chi connectivity index (χ0n) is 70.6. The van der Waals surface area contributed by atoms with Gasteiger partial charge in [-0.1, -0.05) is 414 Å². The molecule has 0 rings (SSSR count). The van der Waals surface area contributed by atoms with Gasteiger partial charge in [-0.15, -0.1) is 0 Å². The lowest BCUT2D eigenvalue weighted by Crippen LogP contribution is -2.30. The molecule has 0 aliphatic heterocycles. The monoisotopic (exact) mass is 1560 g/mol. The predicted molar refractivity (Wildman–Crippen MR) is 441 cm³/mol. The molecule has 0 saturated carbocycles. The first-order valence-corrected chi connectivity index (χ1v) is 48.4. The molecule has 0 heterocycles. The Hall–Kier alpha value is -1.94. The zero-order chi connectivity index (χ0) is 78.6. The Morgan fingerprint density at radius 2 is 0.477 bits per heavy atom. The molecule has 0 spiro atoms. The number of hydrogen-bond donors (Lipinski definition) is 3. The van der Waals surface area contributed by atoms with Gasteiger partial charge in [-0.05, 0) is 43.4 Å². The van der Waals surface area contributed by atoms with Crippen molar-refractivity contribution in [1.29, 1.82) is 0 Å². The smallest absolute Gasteiger partial charge is 0.462 e. The first-order chi connectivity index (χ1) is 51.8. The van der Waals surface area contributed by atoms with Crippen LogP contribution in [0.3, 0.4) is 0 Å². The summed E-state index contributed by atoms with van der Waals surface area (Å²) in [7, 11) is -9.93. The summed E-state index contributed by atoms with van der Waals surface area (Å²) < 4.78 is 69.0. The van der Waals surface area contributed by atoms with Gasteiger partial charge in [-0.2, -0.15) is 0 Å². The van der Waals surface area contributed by atoms with Crippen molar-refractivity contribution in [2.75, 3.05) is 39.6 Å². The molecule has 0 aliphatic rings. The van der Waals surface area contributed by atoms with Crippen molar-refractivity contribution in [3.63, 3.8) is 0 Å². The highest BCUT2D eigenvalue weighted by molar-refractivity contribution is 7.47. The maximum Gasteiger partial charge on any atom is 0.472 e. The summed E-state index contributed by atoms with van der Waals surface area (Å²) in [5.74, 6) is 0.279. The third-order valence-electron chi connectivity index (χ3n) is 21.0.